The second-order valence-corrected chi connectivity index (χ2v) is 8.13. The van der Waals surface area contributed by atoms with Crippen molar-refractivity contribution in [2.45, 2.75) is 34.6 Å². The van der Waals surface area contributed by atoms with Gasteiger partial charge in [-0.3, -0.25) is 9.20 Å². The molecule has 4 rings (SSSR count). The molecule has 7 heteroatoms. The monoisotopic (exact) mass is 405 g/mol. The van der Waals surface area contributed by atoms with Crippen molar-refractivity contribution >= 4 is 28.4 Å². The molecule has 0 spiro atoms. The number of hydrogen-bond donors (Lipinski definition) is 1. The lowest BCUT2D eigenvalue weighted by molar-refractivity contribution is 0.0948. The van der Waals surface area contributed by atoms with Gasteiger partial charge in [-0.05, 0) is 57.9 Å². The number of imidazole rings is 1. The Morgan fingerprint density at radius 2 is 1.97 bits per heavy atom. The number of carbonyl (C=O) groups is 1. The van der Waals surface area contributed by atoms with E-state index in [0.717, 1.165) is 21.9 Å². The zero-order valence-corrected chi connectivity index (χ0v) is 18.0. The summed E-state index contributed by atoms with van der Waals surface area (Å²) in [5, 5.41) is 6.11. The Labute approximate surface area is 173 Å². The molecule has 0 atom stereocenters. The van der Waals surface area contributed by atoms with E-state index in [4.69, 9.17) is 0 Å². The smallest absolute Gasteiger partial charge is 0.290 e. The molecule has 0 aliphatic heterocycles. The van der Waals surface area contributed by atoms with Gasteiger partial charge in [0, 0.05) is 34.2 Å². The molecule has 1 N–H and O–H groups in total. The molecular weight excluding hydrogens is 382 g/mol. The average molecular weight is 406 g/mol. The van der Waals surface area contributed by atoms with E-state index >= 15 is 0 Å². The van der Waals surface area contributed by atoms with E-state index in [-0.39, 0.29) is 5.91 Å². The minimum absolute atomic E-state index is 0.270. The number of carbonyl (C=O) groups excluding carboxylic acids is 1. The van der Waals surface area contributed by atoms with Gasteiger partial charge < -0.3 is 4.57 Å². The number of benzene rings is 1. The molecule has 4 aromatic rings. The lowest BCUT2D eigenvalue weighted by atomic mass is 10.1. The number of fused-ring (bicyclic) bond motifs is 1. The molecular formula is C22H23N5OS. The van der Waals surface area contributed by atoms with Gasteiger partial charge in [0.15, 0.2) is 4.96 Å². The largest absolute Gasteiger partial charge is 0.318 e. The molecule has 148 valence electrons. The zero-order valence-electron chi connectivity index (χ0n) is 17.1. The van der Waals surface area contributed by atoms with Crippen molar-refractivity contribution in [3.8, 4) is 5.69 Å². The van der Waals surface area contributed by atoms with Crippen LogP contribution in [0.4, 0.5) is 0 Å². The molecule has 29 heavy (non-hydrogen) atoms. The first-order valence-electron chi connectivity index (χ1n) is 9.39. The van der Waals surface area contributed by atoms with E-state index in [0.29, 0.717) is 11.4 Å². The summed E-state index contributed by atoms with van der Waals surface area (Å²) in [6, 6.07) is 8.52. The molecule has 0 radical (unpaired) electrons. The van der Waals surface area contributed by atoms with Crippen LogP contribution in [-0.4, -0.2) is 26.1 Å². The van der Waals surface area contributed by atoms with Gasteiger partial charge in [-0.2, -0.15) is 5.10 Å². The molecule has 0 fully saturated rings. The van der Waals surface area contributed by atoms with Gasteiger partial charge in [0.1, 0.15) is 5.69 Å². The quantitative estimate of drug-likeness (QED) is 0.402. The summed E-state index contributed by atoms with van der Waals surface area (Å²) in [5.74, 6) is -0.270. The normalized spacial score (nSPS) is 11.6. The number of aryl methyl sites for hydroxylation is 4. The Balaban J connectivity index is 1.60. The third kappa shape index (κ3) is 3.38. The number of rotatable bonds is 4. The van der Waals surface area contributed by atoms with Gasteiger partial charge in [-0.15, -0.1) is 11.3 Å². The summed E-state index contributed by atoms with van der Waals surface area (Å²) >= 11 is 1.50. The van der Waals surface area contributed by atoms with Crippen molar-refractivity contribution < 1.29 is 4.79 Å². The second kappa shape index (κ2) is 7.33. The van der Waals surface area contributed by atoms with E-state index in [1.807, 2.05) is 18.5 Å². The van der Waals surface area contributed by atoms with Crippen LogP contribution in [0, 0.1) is 34.6 Å². The highest BCUT2D eigenvalue weighted by Crippen LogP contribution is 2.23. The molecule has 3 heterocycles. The first kappa shape index (κ1) is 19.1. The van der Waals surface area contributed by atoms with Crippen LogP contribution in [0.3, 0.4) is 0 Å². The number of hydrogen-bond acceptors (Lipinski definition) is 4. The maximum absolute atomic E-state index is 12.6. The van der Waals surface area contributed by atoms with Crippen molar-refractivity contribution in [1.29, 1.82) is 0 Å². The fourth-order valence-electron chi connectivity index (χ4n) is 3.63. The summed E-state index contributed by atoms with van der Waals surface area (Å²) in [6.45, 7) is 10.2. The van der Waals surface area contributed by atoms with E-state index in [2.05, 4.69) is 72.0 Å². The van der Waals surface area contributed by atoms with Crippen molar-refractivity contribution in [2.75, 3.05) is 0 Å². The number of nitrogens with zero attached hydrogens (tertiary/aromatic N) is 4. The molecule has 3 aromatic heterocycles. The maximum Gasteiger partial charge on any atom is 0.290 e. The third-order valence-electron chi connectivity index (χ3n) is 5.10. The molecule has 0 aliphatic rings. The summed E-state index contributed by atoms with van der Waals surface area (Å²) in [7, 11) is 0. The van der Waals surface area contributed by atoms with Crippen LogP contribution in [0.5, 0.6) is 0 Å². The lowest BCUT2D eigenvalue weighted by Crippen LogP contribution is -2.20. The molecule has 0 saturated carbocycles. The highest BCUT2D eigenvalue weighted by atomic mass is 32.1. The third-order valence-corrected chi connectivity index (χ3v) is 5.85. The van der Waals surface area contributed by atoms with Crippen LogP contribution in [0.15, 0.2) is 40.9 Å². The minimum atomic E-state index is -0.270. The standard InChI is InChI=1S/C22H23N5OS/c1-13-6-7-14(2)19(10-13)27-15(3)11-18(17(27)5)12-23-25-21(28)20-16(4)24-22-26(20)8-9-29-22/h6-12H,1-5H3,(H,25,28)/b23-12-. The number of hydrazone groups is 1. The topological polar surface area (TPSA) is 63.7 Å². The van der Waals surface area contributed by atoms with Crippen LogP contribution in [0.2, 0.25) is 0 Å². The summed E-state index contributed by atoms with van der Waals surface area (Å²) in [4.78, 5) is 17.8. The summed E-state index contributed by atoms with van der Waals surface area (Å²) in [6.07, 6.45) is 3.54. The molecule has 0 saturated heterocycles. The zero-order chi connectivity index (χ0) is 20.7. The maximum atomic E-state index is 12.6. The second-order valence-electron chi connectivity index (χ2n) is 7.25. The fraction of sp³-hybridized carbons (Fsp3) is 0.227. The van der Waals surface area contributed by atoms with Gasteiger partial charge in [-0.25, -0.2) is 10.4 Å². The SMILES string of the molecule is Cc1ccc(C)c(-n2c(C)cc(/C=N\NC(=O)c3c(C)nc4sccn34)c2C)c1. The first-order chi connectivity index (χ1) is 13.9. The van der Waals surface area contributed by atoms with Crippen LogP contribution < -0.4 is 5.43 Å². The molecule has 6 nitrogen and oxygen atoms in total. The lowest BCUT2D eigenvalue weighted by Gasteiger charge is -2.13. The van der Waals surface area contributed by atoms with Gasteiger partial charge in [0.05, 0.1) is 11.9 Å². The van der Waals surface area contributed by atoms with Gasteiger partial charge in [0.25, 0.3) is 5.91 Å². The van der Waals surface area contributed by atoms with Crippen molar-refractivity contribution in [1.82, 2.24) is 19.4 Å². The predicted octanol–water partition coefficient (Wildman–Crippen LogP) is 4.49. The van der Waals surface area contributed by atoms with Crippen LogP contribution in [-0.2, 0) is 0 Å². The van der Waals surface area contributed by atoms with Crippen molar-refractivity contribution in [2.24, 2.45) is 5.10 Å². The predicted molar refractivity (Wildman–Crippen MR) is 118 cm³/mol. The molecule has 0 aliphatic carbocycles. The van der Waals surface area contributed by atoms with E-state index in [1.165, 1.54) is 28.2 Å². The van der Waals surface area contributed by atoms with E-state index in [9.17, 15) is 4.79 Å². The summed E-state index contributed by atoms with van der Waals surface area (Å²) < 4.78 is 4.01. The molecule has 1 amide bonds. The summed E-state index contributed by atoms with van der Waals surface area (Å²) in [5.41, 5.74) is 10.6. The van der Waals surface area contributed by atoms with Crippen LogP contribution in [0.1, 0.15) is 44.3 Å². The minimum Gasteiger partial charge on any atom is -0.318 e. The Hall–Kier alpha value is -3.19. The Kier molecular flexibility index (Phi) is 4.84. The highest BCUT2D eigenvalue weighted by molar-refractivity contribution is 7.15. The van der Waals surface area contributed by atoms with Gasteiger partial charge in [-0.1, -0.05) is 12.1 Å². The Morgan fingerprint density at radius 1 is 1.17 bits per heavy atom. The number of amides is 1. The molecule has 1 aromatic carbocycles. The Morgan fingerprint density at radius 3 is 2.76 bits per heavy atom. The number of thiazole rings is 1. The van der Waals surface area contributed by atoms with E-state index < -0.39 is 0 Å². The van der Waals surface area contributed by atoms with Crippen molar-refractivity contribution in [3.63, 3.8) is 0 Å². The molecule has 0 unspecified atom stereocenters. The number of aromatic nitrogens is 3. The molecule has 0 bridgehead atoms. The Bertz CT molecular complexity index is 1260. The highest BCUT2D eigenvalue weighted by Gasteiger charge is 2.17. The fourth-order valence-corrected chi connectivity index (χ4v) is 4.39. The van der Waals surface area contributed by atoms with E-state index in [1.54, 1.807) is 10.6 Å². The van der Waals surface area contributed by atoms with Crippen LogP contribution in [0.25, 0.3) is 10.6 Å². The number of nitrogens with one attached hydrogen (secondary N) is 1. The first-order valence-corrected chi connectivity index (χ1v) is 10.3. The van der Waals surface area contributed by atoms with Crippen molar-refractivity contribution in [3.05, 3.63) is 75.3 Å². The van der Waals surface area contributed by atoms with Crippen LogP contribution >= 0.6 is 11.3 Å². The van der Waals surface area contributed by atoms with Gasteiger partial charge >= 0.3 is 0 Å². The van der Waals surface area contributed by atoms with Gasteiger partial charge in [0.2, 0.25) is 0 Å². The average Bonchev–Trinajstić information content (AvgIpc) is 3.30.